The summed E-state index contributed by atoms with van der Waals surface area (Å²) in [4.78, 5) is 43.7. The maximum atomic E-state index is 13.1. The average Bonchev–Trinajstić information content (AvgIpc) is 3.16. The van der Waals surface area contributed by atoms with Gasteiger partial charge in [0.15, 0.2) is 0 Å². The molecular formula is C23H22ClN3O4. The van der Waals surface area contributed by atoms with Crippen LogP contribution in [0, 0.1) is 0 Å². The number of carboxylic acids is 1. The van der Waals surface area contributed by atoms with Crippen LogP contribution in [0.25, 0.3) is 10.9 Å². The fraction of sp³-hybridized carbons (Fsp3) is 0.261. The Morgan fingerprint density at radius 3 is 2.65 bits per heavy atom. The molecular weight excluding hydrogens is 418 g/mol. The summed E-state index contributed by atoms with van der Waals surface area (Å²) >= 11 is 6.11. The summed E-state index contributed by atoms with van der Waals surface area (Å²) in [6.07, 6.45) is 2.07. The minimum Gasteiger partial charge on any atom is -0.481 e. The van der Waals surface area contributed by atoms with E-state index in [2.05, 4.69) is 4.98 Å². The molecule has 7 nitrogen and oxygen atoms in total. The van der Waals surface area contributed by atoms with Crippen LogP contribution >= 0.6 is 11.6 Å². The number of rotatable bonds is 6. The number of carbonyl (C=O) groups is 3. The van der Waals surface area contributed by atoms with E-state index in [1.807, 2.05) is 24.4 Å². The maximum Gasteiger partial charge on any atom is 0.305 e. The number of benzene rings is 2. The minimum atomic E-state index is -1.11. The number of H-pyrrole nitrogens is 1. The molecule has 160 valence electrons. The summed E-state index contributed by atoms with van der Waals surface area (Å²) in [5, 5.41) is 11.0. The highest BCUT2D eigenvalue weighted by molar-refractivity contribution is 6.31. The number of nitrogens with zero attached hydrogens (tertiary/aromatic N) is 2. The van der Waals surface area contributed by atoms with Crippen molar-refractivity contribution in [1.82, 2.24) is 14.8 Å². The van der Waals surface area contributed by atoms with Crippen molar-refractivity contribution in [2.75, 3.05) is 19.6 Å². The SMILES string of the molecule is O=C(O)CC1C(=O)N(CCc2c[nH]c3ccc(Cl)cc23)CCN1C(=O)c1ccccc1. The van der Waals surface area contributed by atoms with Gasteiger partial charge in [0.1, 0.15) is 6.04 Å². The minimum absolute atomic E-state index is 0.289. The molecule has 1 saturated heterocycles. The van der Waals surface area contributed by atoms with Gasteiger partial charge in [0.25, 0.3) is 5.91 Å². The Bertz CT molecular complexity index is 1130. The molecule has 2 heterocycles. The van der Waals surface area contributed by atoms with Crippen molar-refractivity contribution < 1.29 is 19.5 Å². The molecule has 31 heavy (non-hydrogen) atoms. The number of aromatic nitrogens is 1. The number of halogens is 1. The average molecular weight is 440 g/mol. The third-order valence-corrected chi connectivity index (χ3v) is 5.85. The Labute approximate surface area is 184 Å². The molecule has 0 aliphatic carbocycles. The van der Waals surface area contributed by atoms with Crippen molar-refractivity contribution >= 4 is 40.3 Å². The van der Waals surface area contributed by atoms with E-state index in [0.29, 0.717) is 30.1 Å². The van der Waals surface area contributed by atoms with Gasteiger partial charge >= 0.3 is 5.97 Å². The number of aliphatic carboxylic acids is 1. The Morgan fingerprint density at radius 2 is 1.90 bits per heavy atom. The van der Waals surface area contributed by atoms with Crippen LogP contribution in [-0.2, 0) is 16.0 Å². The fourth-order valence-electron chi connectivity index (χ4n) is 4.03. The summed E-state index contributed by atoms with van der Waals surface area (Å²) in [6.45, 7) is 1.08. The number of amides is 2. The second-order valence-corrected chi connectivity index (χ2v) is 7.99. The van der Waals surface area contributed by atoms with Gasteiger partial charge in [-0.25, -0.2) is 0 Å². The molecule has 4 rings (SSSR count). The molecule has 1 fully saturated rings. The van der Waals surface area contributed by atoms with E-state index in [1.165, 1.54) is 4.90 Å². The van der Waals surface area contributed by atoms with Gasteiger partial charge in [0, 0.05) is 47.3 Å². The quantitative estimate of drug-likeness (QED) is 0.616. The smallest absolute Gasteiger partial charge is 0.305 e. The first-order valence-corrected chi connectivity index (χ1v) is 10.4. The number of aromatic amines is 1. The molecule has 8 heteroatoms. The van der Waals surface area contributed by atoms with Gasteiger partial charge in [-0.3, -0.25) is 14.4 Å². The van der Waals surface area contributed by atoms with Crippen LogP contribution in [0.5, 0.6) is 0 Å². The van der Waals surface area contributed by atoms with Crippen LogP contribution in [0.3, 0.4) is 0 Å². The van der Waals surface area contributed by atoms with Gasteiger partial charge in [0.05, 0.1) is 6.42 Å². The van der Waals surface area contributed by atoms with E-state index in [1.54, 1.807) is 35.2 Å². The van der Waals surface area contributed by atoms with E-state index >= 15 is 0 Å². The number of hydrogen-bond donors (Lipinski definition) is 2. The highest BCUT2D eigenvalue weighted by Crippen LogP contribution is 2.24. The lowest BCUT2D eigenvalue weighted by atomic mass is 10.0. The molecule has 1 unspecified atom stereocenters. The zero-order valence-electron chi connectivity index (χ0n) is 16.8. The van der Waals surface area contributed by atoms with Crippen molar-refractivity contribution in [3.8, 4) is 0 Å². The third-order valence-electron chi connectivity index (χ3n) is 5.61. The zero-order valence-corrected chi connectivity index (χ0v) is 17.5. The van der Waals surface area contributed by atoms with E-state index in [-0.39, 0.29) is 18.4 Å². The summed E-state index contributed by atoms with van der Waals surface area (Å²) in [5.74, 6) is -1.78. The lowest BCUT2D eigenvalue weighted by molar-refractivity contribution is -0.147. The van der Waals surface area contributed by atoms with Gasteiger partial charge in [-0.2, -0.15) is 0 Å². The first kappa shape index (κ1) is 20.9. The van der Waals surface area contributed by atoms with Gasteiger partial charge in [0.2, 0.25) is 5.91 Å². The molecule has 1 aromatic heterocycles. The second-order valence-electron chi connectivity index (χ2n) is 7.56. The predicted molar refractivity (Wildman–Crippen MR) is 117 cm³/mol. The zero-order chi connectivity index (χ0) is 22.0. The largest absolute Gasteiger partial charge is 0.481 e. The summed E-state index contributed by atoms with van der Waals surface area (Å²) < 4.78 is 0. The molecule has 0 saturated carbocycles. The van der Waals surface area contributed by atoms with Crippen LogP contribution in [0.15, 0.2) is 54.7 Å². The van der Waals surface area contributed by atoms with E-state index in [4.69, 9.17) is 11.6 Å². The van der Waals surface area contributed by atoms with Crippen LogP contribution in [0.2, 0.25) is 5.02 Å². The molecule has 0 spiro atoms. The molecule has 1 atom stereocenters. The molecule has 2 N–H and O–H groups in total. The number of fused-ring (bicyclic) bond motifs is 1. The van der Waals surface area contributed by atoms with Crippen molar-refractivity contribution in [3.63, 3.8) is 0 Å². The van der Waals surface area contributed by atoms with Crippen LogP contribution in [-0.4, -0.2) is 63.4 Å². The fourth-order valence-corrected chi connectivity index (χ4v) is 4.20. The first-order chi connectivity index (χ1) is 14.9. The lowest BCUT2D eigenvalue weighted by Crippen LogP contribution is -2.59. The molecule has 1 aliphatic rings. The Kier molecular flexibility index (Phi) is 5.95. The molecule has 3 aromatic rings. The van der Waals surface area contributed by atoms with Crippen molar-refractivity contribution in [3.05, 3.63) is 70.9 Å². The van der Waals surface area contributed by atoms with Crippen molar-refractivity contribution in [2.45, 2.75) is 18.9 Å². The van der Waals surface area contributed by atoms with E-state index in [9.17, 15) is 19.5 Å². The molecule has 1 aliphatic heterocycles. The first-order valence-electron chi connectivity index (χ1n) is 10.1. The van der Waals surface area contributed by atoms with Crippen molar-refractivity contribution in [1.29, 1.82) is 0 Å². The predicted octanol–water partition coefficient (Wildman–Crippen LogP) is 3.19. The Hall–Kier alpha value is -3.32. The van der Waals surface area contributed by atoms with Crippen molar-refractivity contribution in [2.24, 2.45) is 0 Å². The normalized spacial score (nSPS) is 16.7. The topological polar surface area (TPSA) is 93.7 Å². The van der Waals surface area contributed by atoms with Crippen LogP contribution in [0.1, 0.15) is 22.3 Å². The van der Waals surface area contributed by atoms with Crippen LogP contribution < -0.4 is 0 Å². The Morgan fingerprint density at radius 1 is 1.13 bits per heavy atom. The standard InChI is InChI=1S/C23H22ClN3O4/c24-17-6-7-19-18(12-17)16(14-25-19)8-9-26-10-11-27(20(23(26)31)13-21(28)29)22(30)15-4-2-1-3-5-15/h1-7,12,14,20,25H,8-11,13H2,(H,28,29). The number of piperazine rings is 1. The molecule has 0 radical (unpaired) electrons. The van der Waals surface area contributed by atoms with Gasteiger partial charge in [-0.1, -0.05) is 29.8 Å². The molecule has 2 amide bonds. The summed E-state index contributed by atoms with van der Waals surface area (Å²) in [6, 6.07) is 13.2. The number of carboxylic acid groups (broad SMARTS) is 1. The van der Waals surface area contributed by atoms with Gasteiger partial charge in [-0.05, 0) is 42.3 Å². The maximum absolute atomic E-state index is 13.1. The second kappa shape index (κ2) is 8.81. The number of nitrogens with one attached hydrogen (secondary N) is 1. The third kappa shape index (κ3) is 4.41. The molecule has 0 bridgehead atoms. The summed E-state index contributed by atoms with van der Waals surface area (Å²) in [5.41, 5.74) is 2.44. The monoisotopic (exact) mass is 439 g/mol. The van der Waals surface area contributed by atoms with E-state index in [0.717, 1.165) is 16.5 Å². The highest BCUT2D eigenvalue weighted by atomic mass is 35.5. The Balaban J connectivity index is 1.50. The van der Waals surface area contributed by atoms with Gasteiger partial charge in [-0.15, -0.1) is 0 Å². The highest BCUT2D eigenvalue weighted by Gasteiger charge is 2.38. The van der Waals surface area contributed by atoms with Gasteiger partial charge < -0.3 is 19.9 Å². The number of carbonyl (C=O) groups excluding carboxylic acids is 2. The van der Waals surface area contributed by atoms with Crippen LogP contribution in [0.4, 0.5) is 0 Å². The lowest BCUT2D eigenvalue weighted by Gasteiger charge is -2.40. The molecule has 2 aromatic carbocycles. The number of hydrogen-bond acceptors (Lipinski definition) is 3. The van der Waals surface area contributed by atoms with E-state index < -0.39 is 18.4 Å². The summed E-state index contributed by atoms with van der Waals surface area (Å²) in [7, 11) is 0.